The predicted octanol–water partition coefficient (Wildman–Crippen LogP) is 5.40. The van der Waals surface area contributed by atoms with E-state index in [4.69, 9.17) is 24.4 Å². The molecular formula is C19H13NO2S2. The summed E-state index contributed by atoms with van der Waals surface area (Å²) in [6.45, 7) is 1.99. The highest BCUT2D eigenvalue weighted by Crippen LogP contribution is 2.41. The Labute approximate surface area is 148 Å². The molecule has 0 aliphatic heterocycles. The third-order valence-electron chi connectivity index (χ3n) is 4.28. The van der Waals surface area contributed by atoms with Gasteiger partial charge in [-0.25, -0.2) is 0 Å². The highest BCUT2D eigenvalue weighted by atomic mass is 32.1. The summed E-state index contributed by atoms with van der Waals surface area (Å²) in [4.78, 5) is 0. The largest absolute Gasteiger partial charge is 0.494 e. The van der Waals surface area contributed by atoms with E-state index in [-0.39, 0.29) is 11.8 Å². The van der Waals surface area contributed by atoms with Crippen molar-refractivity contribution in [1.29, 1.82) is 0 Å². The molecule has 0 spiro atoms. The zero-order valence-electron chi connectivity index (χ0n) is 12.8. The van der Waals surface area contributed by atoms with Crippen LogP contribution in [0.4, 0.5) is 0 Å². The first-order chi connectivity index (χ1) is 11.5. The van der Waals surface area contributed by atoms with Gasteiger partial charge in [0.2, 0.25) is 11.8 Å². The third kappa shape index (κ3) is 2.02. The summed E-state index contributed by atoms with van der Waals surface area (Å²) in [6, 6.07) is 14.6. The van der Waals surface area contributed by atoms with Crippen molar-refractivity contribution in [3.8, 4) is 17.4 Å². The van der Waals surface area contributed by atoms with Gasteiger partial charge in [-0.1, -0.05) is 42.1 Å². The minimum atomic E-state index is -0.0375. The lowest BCUT2D eigenvalue weighted by Crippen LogP contribution is -1.99. The molecule has 0 unspecified atom stereocenters. The maximum absolute atomic E-state index is 10.8. The second kappa shape index (κ2) is 5.26. The molecule has 0 atom stereocenters. The van der Waals surface area contributed by atoms with Crippen molar-refractivity contribution in [2.45, 2.75) is 6.92 Å². The second-order valence-electron chi connectivity index (χ2n) is 5.79. The van der Waals surface area contributed by atoms with Crippen LogP contribution in [-0.4, -0.2) is 14.8 Å². The molecule has 5 heteroatoms. The molecule has 0 amide bonds. The van der Waals surface area contributed by atoms with Crippen LogP contribution < -0.4 is 0 Å². The Hall–Kier alpha value is -2.50. The van der Waals surface area contributed by atoms with E-state index in [1.807, 2.05) is 31.2 Å². The molecule has 0 radical (unpaired) electrons. The molecule has 118 valence electrons. The van der Waals surface area contributed by atoms with Gasteiger partial charge in [0.25, 0.3) is 0 Å². The van der Waals surface area contributed by atoms with Crippen molar-refractivity contribution in [3.05, 3.63) is 63.1 Å². The normalized spacial score (nSPS) is 11.4. The number of aryl methyl sites for hydroxylation is 1. The molecule has 4 rings (SSSR count). The summed E-state index contributed by atoms with van der Waals surface area (Å²) in [5, 5.41) is 24.2. The molecular weight excluding hydrogens is 338 g/mol. The van der Waals surface area contributed by atoms with E-state index in [1.165, 1.54) is 4.57 Å². The first-order valence-corrected chi connectivity index (χ1v) is 8.24. The van der Waals surface area contributed by atoms with Crippen molar-refractivity contribution in [1.82, 2.24) is 4.57 Å². The summed E-state index contributed by atoms with van der Waals surface area (Å²) in [5.74, 6) is -0.0751. The fourth-order valence-electron chi connectivity index (χ4n) is 3.09. The molecule has 2 N–H and O–H groups in total. The van der Waals surface area contributed by atoms with E-state index < -0.39 is 0 Å². The van der Waals surface area contributed by atoms with Crippen LogP contribution in [0.3, 0.4) is 0 Å². The zero-order chi connectivity index (χ0) is 17.0. The predicted molar refractivity (Wildman–Crippen MR) is 102 cm³/mol. The van der Waals surface area contributed by atoms with Gasteiger partial charge in [-0.3, -0.25) is 4.57 Å². The van der Waals surface area contributed by atoms with Crippen LogP contribution in [0.15, 0.2) is 48.5 Å². The maximum atomic E-state index is 10.8. The number of pyridine rings is 1. The standard InChI is InChI=1S/C19H13NO2S2/c1-10-2-4-11(5-3-10)20-18(21)12-6-8-14(23)17-15(24)9-7-13(16(12)17)19(20)22/h2-9,21-22H,1H3. The highest BCUT2D eigenvalue weighted by Gasteiger charge is 2.18. The van der Waals surface area contributed by atoms with E-state index in [1.54, 1.807) is 24.3 Å². The minimum absolute atomic E-state index is 0.0375. The average molecular weight is 351 g/mol. The van der Waals surface area contributed by atoms with Crippen molar-refractivity contribution in [3.63, 3.8) is 0 Å². The summed E-state index contributed by atoms with van der Waals surface area (Å²) >= 11 is 10.8. The molecule has 4 aromatic rings. The van der Waals surface area contributed by atoms with Gasteiger partial charge in [-0.2, -0.15) is 0 Å². The second-order valence-corrected chi connectivity index (χ2v) is 6.67. The van der Waals surface area contributed by atoms with Gasteiger partial charge in [0.1, 0.15) is 0 Å². The molecule has 3 nitrogen and oxygen atoms in total. The summed E-state index contributed by atoms with van der Waals surface area (Å²) in [5.41, 5.74) is 1.78. The lowest BCUT2D eigenvalue weighted by molar-refractivity contribution is 0.399. The van der Waals surface area contributed by atoms with Crippen molar-refractivity contribution >= 4 is 46.0 Å². The van der Waals surface area contributed by atoms with Crippen LogP contribution in [0, 0.1) is 15.9 Å². The van der Waals surface area contributed by atoms with Crippen LogP contribution in [-0.2, 0) is 0 Å². The molecule has 0 saturated heterocycles. The molecule has 0 saturated carbocycles. The van der Waals surface area contributed by atoms with Gasteiger partial charge < -0.3 is 10.2 Å². The van der Waals surface area contributed by atoms with E-state index in [2.05, 4.69) is 0 Å². The maximum Gasteiger partial charge on any atom is 0.206 e. The summed E-state index contributed by atoms with van der Waals surface area (Å²) < 4.78 is 2.66. The molecule has 0 aliphatic rings. The van der Waals surface area contributed by atoms with Gasteiger partial charge in [0, 0.05) is 30.6 Å². The molecule has 0 aliphatic carbocycles. The Morgan fingerprint density at radius 3 is 1.71 bits per heavy atom. The van der Waals surface area contributed by atoms with Crippen LogP contribution in [0.5, 0.6) is 11.8 Å². The highest BCUT2D eigenvalue weighted by molar-refractivity contribution is 7.72. The topological polar surface area (TPSA) is 45.4 Å². The molecule has 1 aromatic heterocycles. The van der Waals surface area contributed by atoms with Crippen LogP contribution in [0.2, 0.25) is 0 Å². The monoisotopic (exact) mass is 351 g/mol. The molecule has 24 heavy (non-hydrogen) atoms. The SMILES string of the molecule is Cc1ccc(-n2c(O)c3ccc(=S)c4c(=S)ccc(c2O)c34)cc1. The first-order valence-electron chi connectivity index (χ1n) is 7.42. The van der Waals surface area contributed by atoms with Crippen molar-refractivity contribution < 1.29 is 10.2 Å². The van der Waals surface area contributed by atoms with Gasteiger partial charge in [0.15, 0.2) is 0 Å². The number of hydrogen-bond acceptors (Lipinski definition) is 4. The van der Waals surface area contributed by atoms with Crippen molar-refractivity contribution in [2.24, 2.45) is 0 Å². The number of aromatic nitrogens is 1. The zero-order valence-corrected chi connectivity index (χ0v) is 14.4. The Bertz CT molecular complexity index is 1140. The fourth-order valence-corrected chi connectivity index (χ4v) is 3.71. The van der Waals surface area contributed by atoms with E-state index in [9.17, 15) is 10.2 Å². The summed E-state index contributed by atoms with van der Waals surface area (Å²) in [7, 11) is 0. The Kier molecular flexibility index (Phi) is 3.30. The number of nitrogens with zero attached hydrogens (tertiary/aromatic N) is 1. The third-order valence-corrected chi connectivity index (χ3v) is 4.96. The Balaban J connectivity index is 2.25. The lowest BCUT2D eigenvalue weighted by atomic mass is 10.0. The minimum Gasteiger partial charge on any atom is -0.494 e. The van der Waals surface area contributed by atoms with Crippen molar-refractivity contribution in [2.75, 3.05) is 0 Å². The summed E-state index contributed by atoms with van der Waals surface area (Å²) in [6.07, 6.45) is 0. The Morgan fingerprint density at radius 2 is 1.21 bits per heavy atom. The van der Waals surface area contributed by atoms with E-state index >= 15 is 0 Å². The number of rotatable bonds is 1. The smallest absolute Gasteiger partial charge is 0.206 e. The van der Waals surface area contributed by atoms with E-state index in [0.29, 0.717) is 30.9 Å². The average Bonchev–Trinajstić information content (AvgIpc) is 2.56. The number of hydrogen-bond donors (Lipinski definition) is 2. The van der Waals surface area contributed by atoms with Gasteiger partial charge in [0.05, 0.1) is 5.69 Å². The number of benzene rings is 3. The molecule has 3 aromatic carbocycles. The van der Waals surface area contributed by atoms with Gasteiger partial charge in [-0.05, 0) is 43.3 Å². The molecule has 0 bridgehead atoms. The molecule has 1 heterocycles. The van der Waals surface area contributed by atoms with Crippen LogP contribution in [0.1, 0.15) is 5.56 Å². The number of aromatic hydroxyl groups is 2. The Morgan fingerprint density at radius 1 is 0.708 bits per heavy atom. The molecule has 0 fully saturated rings. The van der Waals surface area contributed by atoms with Crippen LogP contribution >= 0.6 is 24.4 Å². The van der Waals surface area contributed by atoms with Crippen LogP contribution in [0.25, 0.3) is 27.2 Å². The lowest BCUT2D eigenvalue weighted by Gasteiger charge is -2.17. The van der Waals surface area contributed by atoms with Gasteiger partial charge in [-0.15, -0.1) is 0 Å². The fraction of sp³-hybridized carbons (Fsp3) is 0.0526. The quantitative estimate of drug-likeness (QED) is 0.451. The van der Waals surface area contributed by atoms with E-state index in [0.717, 1.165) is 10.9 Å². The van der Waals surface area contributed by atoms with Gasteiger partial charge >= 0.3 is 0 Å². The first kappa shape index (κ1) is 15.1.